The predicted molar refractivity (Wildman–Crippen MR) is 92.2 cm³/mol. The van der Waals surface area contributed by atoms with Gasteiger partial charge in [-0.3, -0.25) is 4.79 Å². The van der Waals surface area contributed by atoms with E-state index < -0.39 is 0 Å². The molecule has 3 rings (SSSR count). The fraction of sp³-hybridized carbons (Fsp3) is 0.412. The van der Waals surface area contributed by atoms with E-state index in [2.05, 4.69) is 10.3 Å². The summed E-state index contributed by atoms with van der Waals surface area (Å²) < 4.78 is 5.51. The fourth-order valence-electron chi connectivity index (χ4n) is 2.52. The second-order valence-corrected chi connectivity index (χ2v) is 6.47. The van der Waals surface area contributed by atoms with Gasteiger partial charge in [0.1, 0.15) is 6.26 Å². The van der Waals surface area contributed by atoms with Crippen molar-refractivity contribution in [1.29, 1.82) is 0 Å². The van der Waals surface area contributed by atoms with Crippen molar-refractivity contribution in [3.05, 3.63) is 42.3 Å². The first kappa shape index (κ1) is 16.1. The zero-order chi connectivity index (χ0) is 15.9. The van der Waals surface area contributed by atoms with Gasteiger partial charge in [0.15, 0.2) is 0 Å². The van der Waals surface area contributed by atoms with E-state index in [4.69, 9.17) is 4.42 Å². The van der Waals surface area contributed by atoms with Gasteiger partial charge in [0.2, 0.25) is 11.8 Å². The van der Waals surface area contributed by atoms with E-state index in [0.29, 0.717) is 17.4 Å². The minimum absolute atomic E-state index is 0.213. The van der Waals surface area contributed by atoms with Gasteiger partial charge < -0.3 is 14.6 Å². The summed E-state index contributed by atoms with van der Waals surface area (Å²) in [6.07, 6.45) is 2.70. The molecule has 1 aromatic heterocycles. The number of benzene rings is 1. The largest absolute Gasteiger partial charge is 0.444 e. The van der Waals surface area contributed by atoms with Gasteiger partial charge in [0, 0.05) is 31.0 Å². The normalized spacial score (nSPS) is 15.4. The summed E-state index contributed by atoms with van der Waals surface area (Å²) in [7, 11) is 0. The number of nitrogens with one attached hydrogen (secondary N) is 1. The SMILES string of the molecule is O=C(CSCc1coc(-c2ccccc2)n1)N1CCCNCC1. The molecular weight excluding hydrogens is 310 g/mol. The second-order valence-electron chi connectivity index (χ2n) is 5.49. The first-order chi connectivity index (χ1) is 11.3. The molecule has 6 heteroatoms. The molecule has 23 heavy (non-hydrogen) atoms. The molecular formula is C17H21N3O2S. The van der Waals surface area contributed by atoms with Crippen LogP contribution in [0.5, 0.6) is 0 Å². The summed E-state index contributed by atoms with van der Waals surface area (Å²) in [6.45, 7) is 3.55. The maximum atomic E-state index is 12.2. The Kier molecular flexibility index (Phi) is 5.71. The lowest BCUT2D eigenvalue weighted by Crippen LogP contribution is -2.35. The average Bonchev–Trinajstić information content (AvgIpc) is 2.89. The van der Waals surface area contributed by atoms with Gasteiger partial charge in [-0.25, -0.2) is 4.98 Å². The van der Waals surface area contributed by atoms with Crippen molar-refractivity contribution in [2.45, 2.75) is 12.2 Å². The zero-order valence-corrected chi connectivity index (χ0v) is 13.8. The maximum absolute atomic E-state index is 12.2. The number of thioether (sulfide) groups is 1. The molecule has 1 N–H and O–H groups in total. The van der Waals surface area contributed by atoms with E-state index in [1.807, 2.05) is 35.2 Å². The minimum atomic E-state index is 0.213. The molecule has 122 valence electrons. The third kappa shape index (κ3) is 4.59. The van der Waals surface area contributed by atoms with Crippen LogP contribution in [0.1, 0.15) is 12.1 Å². The Labute approximate surface area is 140 Å². The van der Waals surface area contributed by atoms with E-state index in [1.165, 1.54) is 0 Å². The van der Waals surface area contributed by atoms with E-state index >= 15 is 0 Å². The van der Waals surface area contributed by atoms with Crippen LogP contribution in [0.15, 0.2) is 41.0 Å². The summed E-state index contributed by atoms with van der Waals surface area (Å²) in [6, 6.07) is 9.83. The van der Waals surface area contributed by atoms with Crippen LogP contribution in [-0.4, -0.2) is 47.7 Å². The van der Waals surface area contributed by atoms with Gasteiger partial charge in [-0.1, -0.05) is 18.2 Å². The number of aromatic nitrogens is 1. The number of oxazole rings is 1. The Bertz CT molecular complexity index is 622. The molecule has 0 radical (unpaired) electrons. The van der Waals surface area contributed by atoms with Crippen molar-refractivity contribution in [2.75, 3.05) is 31.9 Å². The van der Waals surface area contributed by atoms with Crippen molar-refractivity contribution in [3.8, 4) is 11.5 Å². The standard InChI is InChI=1S/C17H21N3O2S/c21-16(20-9-4-7-18-8-10-20)13-23-12-15-11-22-17(19-15)14-5-2-1-3-6-14/h1-3,5-6,11,18H,4,7-10,12-13H2. The molecule has 2 aromatic rings. The summed E-state index contributed by atoms with van der Waals surface area (Å²) in [5.41, 5.74) is 1.84. The molecule has 0 bridgehead atoms. The first-order valence-corrected chi connectivity index (χ1v) is 9.04. The summed E-state index contributed by atoms with van der Waals surface area (Å²) in [5, 5.41) is 3.31. The van der Waals surface area contributed by atoms with Crippen LogP contribution >= 0.6 is 11.8 Å². The number of hydrogen-bond acceptors (Lipinski definition) is 5. The zero-order valence-electron chi connectivity index (χ0n) is 13.0. The number of nitrogens with zero attached hydrogens (tertiary/aromatic N) is 2. The molecule has 0 unspecified atom stereocenters. The Hall–Kier alpha value is -1.79. The van der Waals surface area contributed by atoms with E-state index in [-0.39, 0.29) is 5.91 Å². The number of carbonyl (C=O) groups excluding carboxylic acids is 1. The third-order valence-corrected chi connectivity index (χ3v) is 4.69. The van der Waals surface area contributed by atoms with Crippen molar-refractivity contribution in [3.63, 3.8) is 0 Å². The Morgan fingerprint density at radius 3 is 3.00 bits per heavy atom. The molecule has 1 aliphatic rings. The molecule has 0 spiro atoms. The number of rotatable bonds is 5. The highest BCUT2D eigenvalue weighted by Gasteiger charge is 2.15. The van der Waals surface area contributed by atoms with E-state index in [9.17, 15) is 4.79 Å². The van der Waals surface area contributed by atoms with Gasteiger partial charge in [0.25, 0.3) is 0 Å². The van der Waals surface area contributed by atoms with Crippen molar-refractivity contribution in [2.24, 2.45) is 0 Å². The highest BCUT2D eigenvalue weighted by Crippen LogP contribution is 2.20. The van der Waals surface area contributed by atoms with Crippen molar-refractivity contribution >= 4 is 17.7 Å². The summed E-state index contributed by atoms with van der Waals surface area (Å²) in [5.74, 6) is 2.03. The second kappa shape index (κ2) is 8.17. The Morgan fingerprint density at radius 1 is 1.26 bits per heavy atom. The van der Waals surface area contributed by atoms with Gasteiger partial charge in [-0.05, 0) is 25.1 Å². The predicted octanol–water partition coefficient (Wildman–Crippen LogP) is 2.40. The van der Waals surface area contributed by atoms with Gasteiger partial charge in [-0.15, -0.1) is 11.8 Å². The lowest BCUT2D eigenvalue weighted by atomic mass is 10.2. The molecule has 1 fully saturated rings. The average molecular weight is 331 g/mol. The number of hydrogen-bond donors (Lipinski definition) is 1. The van der Waals surface area contributed by atoms with Crippen LogP contribution in [0.25, 0.3) is 11.5 Å². The molecule has 1 amide bonds. The molecule has 5 nitrogen and oxygen atoms in total. The van der Waals surface area contributed by atoms with Crippen LogP contribution in [0.3, 0.4) is 0 Å². The number of amides is 1. The number of carbonyl (C=O) groups is 1. The Balaban J connectivity index is 1.47. The van der Waals surface area contributed by atoms with Crippen LogP contribution in [0, 0.1) is 0 Å². The minimum Gasteiger partial charge on any atom is -0.444 e. The molecule has 1 saturated heterocycles. The highest BCUT2D eigenvalue weighted by atomic mass is 32.2. The fourth-order valence-corrected chi connectivity index (χ4v) is 3.32. The summed E-state index contributed by atoms with van der Waals surface area (Å²) >= 11 is 1.59. The van der Waals surface area contributed by atoms with Gasteiger partial charge in [-0.2, -0.15) is 0 Å². The molecule has 0 atom stereocenters. The van der Waals surface area contributed by atoms with E-state index in [1.54, 1.807) is 18.0 Å². The van der Waals surface area contributed by atoms with Gasteiger partial charge in [0.05, 0.1) is 11.4 Å². The van der Waals surface area contributed by atoms with Gasteiger partial charge >= 0.3 is 0 Å². The smallest absolute Gasteiger partial charge is 0.232 e. The molecule has 1 aliphatic heterocycles. The lowest BCUT2D eigenvalue weighted by molar-refractivity contribution is -0.128. The van der Waals surface area contributed by atoms with Crippen LogP contribution in [-0.2, 0) is 10.5 Å². The highest BCUT2D eigenvalue weighted by molar-refractivity contribution is 7.99. The van der Waals surface area contributed by atoms with E-state index in [0.717, 1.165) is 43.9 Å². The molecule has 0 aliphatic carbocycles. The maximum Gasteiger partial charge on any atom is 0.232 e. The van der Waals surface area contributed by atoms with Crippen LogP contribution in [0.4, 0.5) is 0 Å². The Morgan fingerprint density at radius 2 is 2.13 bits per heavy atom. The third-order valence-electron chi connectivity index (χ3n) is 3.74. The van der Waals surface area contributed by atoms with Crippen LogP contribution < -0.4 is 5.32 Å². The van der Waals surface area contributed by atoms with Crippen molar-refractivity contribution < 1.29 is 9.21 Å². The quantitative estimate of drug-likeness (QED) is 0.912. The molecule has 0 saturated carbocycles. The lowest BCUT2D eigenvalue weighted by Gasteiger charge is -2.19. The topological polar surface area (TPSA) is 58.4 Å². The van der Waals surface area contributed by atoms with Crippen molar-refractivity contribution in [1.82, 2.24) is 15.2 Å². The molecule has 1 aromatic carbocycles. The monoisotopic (exact) mass is 331 g/mol. The first-order valence-electron chi connectivity index (χ1n) is 7.89. The summed E-state index contributed by atoms with van der Waals surface area (Å²) in [4.78, 5) is 18.6. The molecule has 2 heterocycles. The van der Waals surface area contributed by atoms with Crippen LogP contribution in [0.2, 0.25) is 0 Å².